The Morgan fingerprint density at radius 2 is 1.88 bits per heavy atom. The number of halogens is 2. The molecule has 0 spiro atoms. The van der Waals surface area contributed by atoms with Gasteiger partial charge in [-0.2, -0.15) is 4.98 Å². The van der Waals surface area contributed by atoms with E-state index in [9.17, 15) is 8.78 Å². The van der Waals surface area contributed by atoms with Crippen molar-refractivity contribution in [2.24, 2.45) is 0 Å². The second-order valence-corrected chi connectivity index (χ2v) is 5.98. The smallest absolute Gasteiger partial charge is 0.297 e. The van der Waals surface area contributed by atoms with Crippen LogP contribution < -0.4 is 5.32 Å². The van der Waals surface area contributed by atoms with E-state index in [2.05, 4.69) is 25.4 Å². The van der Waals surface area contributed by atoms with E-state index in [4.69, 9.17) is 4.52 Å². The highest BCUT2D eigenvalue weighted by atomic mass is 19.3. The van der Waals surface area contributed by atoms with E-state index in [0.29, 0.717) is 47.8 Å². The van der Waals surface area contributed by atoms with E-state index < -0.39 is 12.2 Å². The van der Waals surface area contributed by atoms with Crippen molar-refractivity contribution < 1.29 is 13.3 Å². The van der Waals surface area contributed by atoms with Crippen LogP contribution in [0.25, 0.3) is 10.9 Å². The molecule has 3 aromatic rings. The number of fused-ring (bicyclic) bond motifs is 1. The first-order valence-corrected chi connectivity index (χ1v) is 8.15. The highest BCUT2D eigenvalue weighted by molar-refractivity contribution is 5.88. The van der Waals surface area contributed by atoms with Gasteiger partial charge in [-0.3, -0.25) is 0 Å². The van der Waals surface area contributed by atoms with Crippen LogP contribution in [0.1, 0.15) is 50.2 Å². The number of benzene rings is 1. The molecule has 6 nitrogen and oxygen atoms in total. The second-order valence-electron chi connectivity index (χ2n) is 5.98. The maximum absolute atomic E-state index is 13.0. The molecule has 8 heteroatoms. The summed E-state index contributed by atoms with van der Waals surface area (Å²) >= 11 is 0. The van der Waals surface area contributed by atoms with Crippen LogP contribution in [0.4, 0.5) is 14.6 Å². The fraction of sp³-hybridized carbons (Fsp3) is 0.412. The van der Waals surface area contributed by atoms with Crippen LogP contribution in [0.5, 0.6) is 0 Å². The van der Waals surface area contributed by atoms with Gasteiger partial charge in [0.05, 0.1) is 5.52 Å². The van der Waals surface area contributed by atoms with Crippen LogP contribution in [0.2, 0.25) is 0 Å². The Morgan fingerprint density at radius 3 is 2.60 bits per heavy atom. The first-order valence-electron chi connectivity index (χ1n) is 8.15. The van der Waals surface area contributed by atoms with Crippen molar-refractivity contribution in [1.29, 1.82) is 0 Å². The summed E-state index contributed by atoms with van der Waals surface area (Å²) < 4.78 is 31.1. The summed E-state index contributed by atoms with van der Waals surface area (Å²) in [7, 11) is 0. The minimum Gasteiger partial charge on any atom is -0.369 e. The Hall–Kier alpha value is -2.64. The Labute approximate surface area is 143 Å². The molecule has 0 unspecified atom stereocenters. The second kappa shape index (κ2) is 7.50. The summed E-state index contributed by atoms with van der Waals surface area (Å²) in [5, 5.41) is 7.74. The standard InChI is InChI=1S/C17H19F2N5O/c1-10(2)15-22-13(25-24-15)8-5-9-20-16-11-6-3-4-7-12(11)21-17(23-16)14(18)19/h3-4,6-7,10,14H,5,8-9H2,1-2H3,(H,20,21,23). The molecule has 0 bridgehead atoms. The molecular weight excluding hydrogens is 328 g/mol. The average Bonchev–Trinajstić information content (AvgIpc) is 3.07. The zero-order chi connectivity index (χ0) is 17.8. The van der Waals surface area contributed by atoms with Crippen LogP contribution >= 0.6 is 0 Å². The highest BCUT2D eigenvalue weighted by Gasteiger charge is 2.15. The molecule has 2 aromatic heterocycles. The van der Waals surface area contributed by atoms with E-state index >= 15 is 0 Å². The molecule has 0 aliphatic heterocycles. The molecule has 0 atom stereocenters. The molecule has 0 aliphatic rings. The number of hydrogen-bond acceptors (Lipinski definition) is 6. The summed E-state index contributed by atoms with van der Waals surface area (Å²) in [6.07, 6.45) is -1.39. The lowest BCUT2D eigenvalue weighted by atomic mass is 10.2. The lowest BCUT2D eigenvalue weighted by Crippen LogP contribution is -2.08. The van der Waals surface area contributed by atoms with E-state index in [1.54, 1.807) is 18.2 Å². The topological polar surface area (TPSA) is 76.7 Å². The van der Waals surface area contributed by atoms with Crippen LogP contribution in [-0.2, 0) is 6.42 Å². The van der Waals surface area contributed by atoms with Crippen molar-refractivity contribution in [3.05, 3.63) is 41.8 Å². The predicted molar refractivity (Wildman–Crippen MR) is 89.7 cm³/mol. The third kappa shape index (κ3) is 4.07. The molecule has 1 N–H and O–H groups in total. The van der Waals surface area contributed by atoms with Crippen molar-refractivity contribution in [2.75, 3.05) is 11.9 Å². The number of nitrogens with zero attached hydrogens (tertiary/aromatic N) is 4. The first-order chi connectivity index (χ1) is 12.0. The van der Waals surface area contributed by atoms with Crippen LogP contribution in [-0.4, -0.2) is 26.7 Å². The van der Waals surface area contributed by atoms with Gasteiger partial charge in [0.25, 0.3) is 6.43 Å². The molecule has 0 saturated heterocycles. The van der Waals surface area contributed by atoms with Gasteiger partial charge < -0.3 is 9.84 Å². The molecule has 3 rings (SSSR count). The van der Waals surface area contributed by atoms with Gasteiger partial charge in [0.1, 0.15) is 5.82 Å². The maximum atomic E-state index is 13.0. The third-order valence-corrected chi connectivity index (χ3v) is 3.68. The van der Waals surface area contributed by atoms with Crippen LogP contribution in [0.15, 0.2) is 28.8 Å². The highest BCUT2D eigenvalue weighted by Crippen LogP contribution is 2.24. The zero-order valence-electron chi connectivity index (χ0n) is 14.0. The van der Waals surface area contributed by atoms with Crippen molar-refractivity contribution in [3.63, 3.8) is 0 Å². The molecular formula is C17H19F2N5O. The minimum absolute atomic E-state index is 0.218. The Morgan fingerprint density at radius 1 is 1.08 bits per heavy atom. The Bertz CT molecular complexity index is 850. The Kier molecular flexibility index (Phi) is 5.16. The molecule has 0 aliphatic carbocycles. The van der Waals surface area contributed by atoms with Gasteiger partial charge in [0, 0.05) is 24.3 Å². The van der Waals surface area contributed by atoms with Crippen molar-refractivity contribution in [3.8, 4) is 0 Å². The summed E-state index contributed by atoms with van der Waals surface area (Å²) in [5.41, 5.74) is 0.494. The number of nitrogens with one attached hydrogen (secondary N) is 1. The van der Waals surface area contributed by atoms with Crippen molar-refractivity contribution >= 4 is 16.7 Å². The summed E-state index contributed by atoms with van der Waals surface area (Å²) in [6, 6.07) is 7.08. The molecule has 0 saturated carbocycles. The van der Waals surface area contributed by atoms with Crippen LogP contribution in [0.3, 0.4) is 0 Å². The molecule has 1 aromatic carbocycles. The molecule has 25 heavy (non-hydrogen) atoms. The van der Waals surface area contributed by atoms with Gasteiger partial charge in [-0.15, -0.1) is 0 Å². The van der Waals surface area contributed by atoms with Crippen LogP contribution in [0, 0.1) is 0 Å². The summed E-state index contributed by atoms with van der Waals surface area (Å²) in [6.45, 7) is 4.54. The van der Waals surface area contributed by atoms with Gasteiger partial charge in [-0.1, -0.05) is 31.1 Å². The largest absolute Gasteiger partial charge is 0.369 e. The lowest BCUT2D eigenvalue weighted by molar-refractivity contribution is 0.141. The predicted octanol–water partition coefficient (Wildman–Crippen LogP) is 4.12. The molecule has 0 fully saturated rings. The zero-order valence-corrected chi connectivity index (χ0v) is 14.0. The van der Waals surface area contributed by atoms with Crippen molar-refractivity contribution in [2.45, 2.75) is 39.0 Å². The van der Waals surface area contributed by atoms with Crippen molar-refractivity contribution in [1.82, 2.24) is 20.1 Å². The fourth-order valence-electron chi connectivity index (χ4n) is 2.38. The average molecular weight is 347 g/mol. The Balaban J connectivity index is 1.66. The van der Waals surface area contributed by atoms with Gasteiger partial charge in [0.2, 0.25) is 5.89 Å². The van der Waals surface area contributed by atoms with Gasteiger partial charge in [-0.05, 0) is 18.6 Å². The van der Waals surface area contributed by atoms with E-state index in [1.807, 2.05) is 19.9 Å². The normalized spacial score (nSPS) is 11.6. The van der Waals surface area contributed by atoms with E-state index in [-0.39, 0.29) is 5.92 Å². The minimum atomic E-state index is -2.71. The summed E-state index contributed by atoms with van der Waals surface area (Å²) in [5.74, 6) is 1.42. The molecule has 0 radical (unpaired) electrons. The van der Waals surface area contributed by atoms with E-state index in [1.165, 1.54) is 0 Å². The number of hydrogen-bond donors (Lipinski definition) is 1. The number of aromatic nitrogens is 4. The fourth-order valence-corrected chi connectivity index (χ4v) is 2.38. The SMILES string of the molecule is CC(C)c1noc(CCCNc2nc(C(F)F)nc3ccccc23)n1. The molecule has 132 valence electrons. The van der Waals surface area contributed by atoms with Gasteiger partial charge in [-0.25, -0.2) is 18.7 Å². The van der Waals surface area contributed by atoms with E-state index in [0.717, 1.165) is 0 Å². The number of rotatable bonds is 7. The number of para-hydroxylation sites is 1. The quantitative estimate of drug-likeness (QED) is 0.648. The number of aryl methyl sites for hydroxylation is 1. The number of alkyl halides is 2. The summed E-state index contributed by atoms with van der Waals surface area (Å²) in [4.78, 5) is 12.2. The van der Waals surface area contributed by atoms with Gasteiger partial charge in [0.15, 0.2) is 11.6 Å². The molecule has 2 heterocycles. The lowest BCUT2D eigenvalue weighted by Gasteiger charge is -2.10. The first kappa shape index (κ1) is 17.2. The molecule has 0 amide bonds. The maximum Gasteiger partial charge on any atom is 0.297 e. The van der Waals surface area contributed by atoms with Gasteiger partial charge >= 0.3 is 0 Å². The monoisotopic (exact) mass is 347 g/mol. The number of anilines is 1. The third-order valence-electron chi connectivity index (χ3n) is 3.68.